The molecule has 0 saturated heterocycles. The lowest BCUT2D eigenvalue weighted by Gasteiger charge is -2.08. The molecule has 0 radical (unpaired) electrons. The molecule has 0 bridgehead atoms. The van der Waals surface area contributed by atoms with E-state index in [9.17, 15) is 9.41 Å². The van der Waals surface area contributed by atoms with Gasteiger partial charge in [0.05, 0.1) is 6.61 Å². The Hall–Kier alpha value is -1.36. The van der Waals surface area contributed by atoms with Gasteiger partial charge in [0.25, 0.3) is 0 Å². The van der Waals surface area contributed by atoms with E-state index in [2.05, 4.69) is 0 Å². The Kier molecular flexibility index (Phi) is 2.86. The molecular formula is C13H9BClFO2. The topological polar surface area (TPSA) is 29.5 Å². The Balaban J connectivity index is 2.19. The molecule has 0 amide bonds. The van der Waals surface area contributed by atoms with Gasteiger partial charge in [-0.2, -0.15) is 0 Å². The van der Waals surface area contributed by atoms with Crippen molar-refractivity contribution in [1.29, 1.82) is 0 Å². The third kappa shape index (κ3) is 1.83. The largest absolute Gasteiger partial charge is 0.491 e. The van der Waals surface area contributed by atoms with E-state index >= 15 is 0 Å². The number of hydrogen-bond donors (Lipinski definition) is 1. The Morgan fingerprint density at radius 2 is 2.00 bits per heavy atom. The van der Waals surface area contributed by atoms with Crippen LogP contribution in [0.4, 0.5) is 4.39 Å². The Morgan fingerprint density at radius 1 is 1.22 bits per heavy atom. The van der Waals surface area contributed by atoms with Crippen LogP contribution in [0.5, 0.6) is 0 Å². The van der Waals surface area contributed by atoms with E-state index in [-0.39, 0.29) is 12.4 Å². The molecule has 1 aliphatic heterocycles. The molecule has 0 aliphatic carbocycles. The minimum Gasteiger partial charge on any atom is -0.423 e. The van der Waals surface area contributed by atoms with E-state index in [4.69, 9.17) is 16.3 Å². The zero-order chi connectivity index (χ0) is 12.7. The standard InChI is InChI=1S/C13H9BClFO2/c15-12-4-2-1-3-9(12)10-6-11-8(5-13(10)16)7-18-14(11)17/h1-6,17H,7H2. The lowest BCUT2D eigenvalue weighted by Crippen LogP contribution is -2.28. The lowest BCUT2D eigenvalue weighted by molar-refractivity contribution is 0.275. The molecule has 0 saturated carbocycles. The van der Waals surface area contributed by atoms with Crippen LogP contribution in [0, 0.1) is 5.82 Å². The van der Waals surface area contributed by atoms with Gasteiger partial charge in [-0.25, -0.2) is 4.39 Å². The number of rotatable bonds is 1. The molecule has 0 fully saturated rings. The van der Waals surface area contributed by atoms with Crippen molar-refractivity contribution in [3.05, 3.63) is 52.8 Å². The van der Waals surface area contributed by atoms with Crippen LogP contribution in [0.3, 0.4) is 0 Å². The van der Waals surface area contributed by atoms with Gasteiger partial charge in [-0.05, 0) is 23.2 Å². The van der Waals surface area contributed by atoms with Gasteiger partial charge >= 0.3 is 7.12 Å². The minimum atomic E-state index is -0.984. The highest BCUT2D eigenvalue weighted by Gasteiger charge is 2.29. The molecule has 5 heteroatoms. The summed E-state index contributed by atoms with van der Waals surface area (Å²) in [6, 6.07) is 10.0. The smallest absolute Gasteiger partial charge is 0.423 e. The van der Waals surface area contributed by atoms with Crippen LogP contribution >= 0.6 is 11.6 Å². The van der Waals surface area contributed by atoms with Crippen molar-refractivity contribution >= 4 is 24.2 Å². The van der Waals surface area contributed by atoms with E-state index in [0.717, 1.165) is 0 Å². The van der Waals surface area contributed by atoms with E-state index in [1.165, 1.54) is 6.07 Å². The summed E-state index contributed by atoms with van der Waals surface area (Å²) in [4.78, 5) is 0. The van der Waals surface area contributed by atoms with Crippen LogP contribution in [0.2, 0.25) is 5.02 Å². The molecule has 1 N–H and O–H groups in total. The number of fused-ring (bicyclic) bond motifs is 1. The maximum atomic E-state index is 14.0. The third-order valence-corrected chi connectivity index (χ3v) is 3.39. The van der Waals surface area contributed by atoms with Gasteiger partial charge in [0.2, 0.25) is 0 Å². The molecule has 0 unspecified atom stereocenters. The van der Waals surface area contributed by atoms with Gasteiger partial charge < -0.3 is 9.68 Å². The van der Waals surface area contributed by atoms with Crippen LogP contribution in [0.25, 0.3) is 11.1 Å². The summed E-state index contributed by atoms with van der Waals surface area (Å²) in [7, 11) is -0.984. The molecule has 0 spiro atoms. The minimum absolute atomic E-state index is 0.232. The Morgan fingerprint density at radius 3 is 2.78 bits per heavy atom. The van der Waals surface area contributed by atoms with Crippen molar-refractivity contribution in [1.82, 2.24) is 0 Å². The first-order valence-electron chi connectivity index (χ1n) is 5.53. The molecule has 0 aromatic heterocycles. The maximum absolute atomic E-state index is 14.0. The van der Waals surface area contributed by atoms with Crippen molar-refractivity contribution in [2.75, 3.05) is 0 Å². The average Bonchev–Trinajstić information content (AvgIpc) is 2.70. The van der Waals surface area contributed by atoms with Crippen molar-refractivity contribution < 1.29 is 14.1 Å². The Bertz CT molecular complexity index is 618. The SMILES string of the molecule is OB1OCc2cc(F)c(-c3ccccc3Cl)cc21. The second kappa shape index (κ2) is 4.39. The molecule has 0 atom stereocenters. The van der Waals surface area contributed by atoms with Crippen LogP contribution < -0.4 is 5.46 Å². The highest BCUT2D eigenvalue weighted by atomic mass is 35.5. The molecule has 1 heterocycles. The van der Waals surface area contributed by atoms with Gasteiger partial charge in [-0.1, -0.05) is 35.9 Å². The molecule has 2 nitrogen and oxygen atoms in total. The summed E-state index contributed by atoms with van der Waals surface area (Å²) in [6.45, 7) is 0.232. The van der Waals surface area contributed by atoms with E-state index in [1.807, 2.05) is 0 Å². The monoisotopic (exact) mass is 262 g/mol. The summed E-state index contributed by atoms with van der Waals surface area (Å²) in [5.74, 6) is -0.362. The summed E-state index contributed by atoms with van der Waals surface area (Å²) in [5, 5.41) is 10.1. The summed E-state index contributed by atoms with van der Waals surface area (Å²) < 4.78 is 19.1. The Labute approximate surface area is 109 Å². The predicted octanol–water partition coefficient (Wildman–Crippen LogP) is 2.36. The fraction of sp³-hybridized carbons (Fsp3) is 0.0769. The second-order valence-corrected chi connectivity index (χ2v) is 4.58. The average molecular weight is 262 g/mol. The van der Waals surface area contributed by atoms with Crippen molar-refractivity contribution in [2.24, 2.45) is 0 Å². The van der Waals surface area contributed by atoms with Gasteiger partial charge in [0.15, 0.2) is 0 Å². The third-order valence-electron chi connectivity index (χ3n) is 3.06. The van der Waals surface area contributed by atoms with Crippen LogP contribution in [0.1, 0.15) is 5.56 Å². The zero-order valence-corrected chi connectivity index (χ0v) is 10.1. The molecule has 18 heavy (non-hydrogen) atoms. The van der Waals surface area contributed by atoms with E-state index in [0.29, 0.717) is 27.2 Å². The van der Waals surface area contributed by atoms with Crippen LogP contribution in [0.15, 0.2) is 36.4 Å². The van der Waals surface area contributed by atoms with Crippen molar-refractivity contribution in [3.8, 4) is 11.1 Å². The van der Waals surface area contributed by atoms with E-state index in [1.54, 1.807) is 30.3 Å². The molecular weight excluding hydrogens is 253 g/mol. The number of benzene rings is 2. The normalized spacial score (nSPS) is 13.8. The van der Waals surface area contributed by atoms with E-state index < -0.39 is 7.12 Å². The number of halogens is 2. The molecule has 2 aromatic carbocycles. The van der Waals surface area contributed by atoms with Gasteiger partial charge in [-0.3, -0.25) is 0 Å². The predicted molar refractivity (Wildman–Crippen MR) is 69.2 cm³/mol. The van der Waals surface area contributed by atoms with Crippen LogP contribution in [-0.4, -0.2) is 12.1 Å². The first-order chi connectivity index (χ1) is 8.66. The first kappa shape index (κ1) is 11.7. The first-order valence-corrected chi connectivity index (χ1v) is 5.91. The molecule has 90 valence electrons. The number of hydrogen-bond acceptors (Lipinski definition) is 2. The summed E-state index contributed by atoms with van der Waals surface area (Å²) >= 11 is 6.06. The van der Waals surface area contributed by atoms with Gasteiger partial charge in [0.1, 0.15) is 5.82 Å². The summed E-state index contributed by atoms with van der Waals surface area (Å²) in [5.41, 5.74) is 2.27. The molecule has 2 aromatic rings. The second-order valence-electron chi connectivity index (χ2n) is 4.17. The highest BCUT2D eigenvalue weighted by Crippen LogP contribution is 2.30. The lowest BCUT2D eigenvalue weighted by atomic mass is 9.78. The summed E-state index contributed by atoms with van der Waals surface area (Å²) in [6.07, 6.45) is 0. The quantitative estimate of drug-likeness (QED) is 0.800. The van der Waals surface area contributed by atoms with Crippen molar-refractivity contribution in [2.45, 2.75) is 6.61 Å². The zero-order valence-electron chi connectivity index (χ0n) is 9.36. The molecule has 3 rings (SSSR count). The maximum Gasteiger partial charge on any atom is 0.491 e. The van der Waals surface area contributed by atoms with Gasteiger partial charge in [-0.15, -0.1) is 0 Å². The molecule has 1 aliphatic rings. The van der Waals surface area contributed by atoms with Gasteiger partial charge in [0, 0.05) is 16.1 Å². The highest BCUT2D eigenvalue weighted by molar-refractivity contribution is 6.61. The van der Waals surface area contributed by atoms with Crippen LogP contribution in [-0.2, 0) is 11.3 Å². The fourth-order valence-electron chi connectivity index (χ4n) is 2.13. The fourth-order valence-corrected chi connectivity index (χ4v) is 2.37. The van der Waals surface area contributed by atoms with Crippen molar-refractivity contribution in [3.63, 3.8) is 0 Å².